The van der Waals surface area contributed by atoms with Gasteiger partial charge < -0.3 is 0 Å². The molecule has 0 saturated carbocycles. The number of hydrogen-bond acceptors (Lipinski definition) is 1. The lowest BCUT2D eigenvalue weighted by Gasteiger charge is -2.06. The number of aryl methyl sites for hydroxylation is 1. The average Bonchev–Trinajstić information content (AvgIpc) is 2.36. The Balaban J connectivity index is 2.56. The van der Waals surface area contributed by atoms with Gasteiger partial charge >= 0.3 is 0 Å². The van der Waals surface area contributed by atoms with Crippen molar-refractivity contribution in [2.24, 2.45) is 0 Å². The zero-order valence-electron chi connectivity index (χ0n) is 9.81. The maximum atomic E-state index is 13.5. The van der Waals surface area contributed by atoms with Crippen molar-refractivity contribution >= 4 is 5.78 Å². The molecule has 0 unspecified atom stereocenters. The molecule has 2 aromatic rings. The van der Waals surface area contributed by atoms with Gasteiger partial charge in [-0.3, -0.25) is 4.79 Å². The average molecular weight is 268 g/mol. The van der Waals surface area contributed by atoms with Crippen LogP contribution >= 0.6 is 0 Å². The van der Waals surface area contributed by atoms with Crippen molar-refractivity contribution in [2.45, 2.75) is 6.92 Å². The Morgan fingerprint density at radius 3 is 2.16 bits per heavy atom. The van der Waals surface area contributed by atoms with E-state index in [9.17, 15) is 22.4 Å². The number of carbonyl (C=O) groups is 1. The Bertz CT molecular complexity index is 665. The third-order valence-corrected chi connectivity index (χ3v) is 2.67. The van der Waals surface area contributed by atoms with Gasteiger partial charge in [-0.2, -0.15) is 0 Å². The minimum atomic E-state index is -1.11. The van der Waals surface area contributed by atoms with Gasteiger partial charge in [0.15, 0.2) is 5.78 Å². The molecular formula is C14H8F4O. The fourth-order valence-corrected chi connectivity index (χ4v) is 1.65. The zero-order valence-corrected chi connectivity index (χ0v) is 9.81. The summed E-state index contributed by atoms with van der Waals surface area (Å²) >= 11 is 0. The molecular weight excluding hydrogens is 260 g/mol. The lowest BCUT2D eigenvalue weighted by Crippen LogP contribution is -2.08. The van der Waals surface area contributed by atoms with Crippen molar-refractivity contribution < 1.29 is 22.4 Å². The van der Waals surface area contributed by atoms with Crippen molar-refractivity contribution in [3.05, 3.63) is 70.3 Å². The summed E-state index contributed by atoms with van der Waals surface area (Å²) in [6, 6.07) is 3.81. The van der Waals surface area contributed by atoms with Crippen LogP contribution in [0, 0.1) is 30.2 Å². The molecule has 0 N–H and O–H groups in total. The third-order valence-electron chi connectivity index (χ3n) is 2.67. The molecule has 2 aromatic carbocycles. The summed E-state index contributed by atoms with van der Waals surface area (Å²) in [4.78, 5) is 11.9. The molecule has 0 aromatic heterocycles. The van der Waals surface area contributed by atoms with Crippen LogP contribution in [0.4, 0.5) is 17.6 Å². The topological polar surface area (TPSA) is 17.1 Å². The highest BCUT2D eigenvalue weighted by Crippen LogP contribution is 2.20. The molecule has 0 heterocycles. The maximum Gasteiger partial charge on any atom is 0.199 e. The van der Waals surface area contributed by atoms with Crippen LogP contribution in [0.3, 0.4) is 0 Å². The van der Waals surface area contributed by atoms with E-state index in [1.807, 2.05) is 0 Å². The second-order valence-corrected chi connectivity index (χ2v) is 4.03. The van der Waals surface area contributed by atoms with Gasteiger partial charge in [-0.1, -0.05) is 0 Å². The lowest BCUT2D eigenvalue weighted by atomic mass is 10.0. The van der Waals surface area contributed by atoms with E-state index < -0.39 is 40.2 Å². The van der Waals surface area contributed by atoms with Crippen LogP contribution in [0.15, 0.2) is 30.3 Å². The molecule has 98 valence electrons. The van der Waals surface area contributed by atoms with E-state index in [1.54, 1.807) is 0 Å². The quantitative estimate of drug-likeness (QED) is 0.598. The van der Waals surface area contributed by atoms with E-state index >= 15 is 0 Å². The van der Waals surface area contributed by atoms with E-state index in [0.717, 1.165) is 18.2 Å². The molecule has 0 aliphatic carbocycles. The van der Waals surface area contributed by atoms with Gasteiger partial charge in [-0.25, -0.2) is 17.6 Å². The Morgan fingerprint density at radius 2 is 1.47 bits per heavy atom. The summed E-state index contributed by atoms with van der Waals surface area (Å²) in [5.41, 5.74) is -1.05. The number of halogens is 4. The zero-order chi connectivity index (χ0) is 14.2. The van der Waals surface area contributed by atoms with E-state index in [2.05, 4.69) is 0 Å². The molecule has 0 saturated heterocycles. The number of rotatable bonds is 2. The van der Waals surface area contributed by atoms with E-state index in [-0.39, 0.29) is 5.56 Å². The maximum absolute atomic E-state index is 13.5. The highest BCUT2D eigenvalue weighted by Gasteiger charge is 2.19. The number of hydrogen-bond donors (Lipinski definition) is 0. The van der Waals surface area contributed by atoms with E-state index in [0.29, 0.717) is 12.1 Å². The lowest BCUT2D eigenvalue weighted by molar-refractivity contribution is 0.103. The molecule has 0 atom stereocenters. The predicted molar refractivity (Wildman–Crippen MR) is 60.9 cm³/mol. The van der Waals surface area contributed by atoms with Crippen LogP contribution in [0.5, 0.6) is 0 Å². The fourth-order valence-electron chi connectivity index (χ4n) is 1.65. The molecule has 1 nitrogen and oxygen atoms in total. The van der Waals surface area contributed by atoms with E-state index in [1.165, 1.54) is 6.92 Å². The summed E-state index contributed by atoms with van der Waals surface area (Å²) in [7, 11) is 0. The van der Waals surface area contributed by atoms with Crippen molar-refractivity contribution in [2.75, 3.05) is 0 Å². The highest BCUT2D eigenvalue weighted by atomic mass is 19.1. The first-order valence-electron chi connectivity index (χ1n) is 5.35. The Hall–Kier alpha value is -2.17. The first-order chi connectivity index (χ1) is 8.90. The first-order valence-corrected chi connectivity index (χ1v) is 5.35. The van der Waals surface area contributed by atoms with Gasteiger partial charge in [0, 0.05) is 6.07 Å². The third kappa shape index (κ3) is 2.50. The standard InChI is InChI=1S/C14H8F4O/c1-7-4-9(13(18)6-12(7)17)14(19)10-5-8(15)2-3-11(10)16/h2-6H,1H3. The molecule has 0 bridgehead atoms. The monoisotopic (exact) mass is 268 g/mol. The molecule has 2 rings (SSSR count). The summed E-state index contributed by atoms with van der Waals surface area (Å²) < 4.78 is 53.0. The van der Waals surface area contributed by atoms with Crippen molar-refractivity contribution in [1.82, 2.24) is 0 Å². The number of ketones is 1. The summed E-state index contributed by atoms with van der Waals surface area (Å²) in [6.45, 7) is 1.34. The largest absolute Gasteiger partial charge is 0.288 e. The normalized spacial score (nSPS) is 10.6. The molecule has 0 fully saturated rings. The van der Waals surface area contributed by atoms with Crippen molar-refractivity contribution in [3.63, 3.8) is 0 Å². The molecule has 0 aliphatic heterocycles. The van der Waals surface area contributed by atoms with Crippen LogP contribution < -0.4 is 0 Å². The summed E-state index contributed by atoms with van der Waals surface area (Å²) in [5.74, 6) is -4.74. The molecule has 0 radical (unpaired) electrons. The van der Waals surface area contributed by atoms with Gasteiger partial charge in [-0.15, -0.1) is 0 Å². The number of carbonyl (C=O) groups excluding carboxylic acids is 1. The Kier molecular flexibility index (Phi) is 3.38. The molecule has 0 spiro atoms. The SMILES string of the molecule is Cc1cc(C(=O)c2cc(F)ccc2F)c(F)cc1F. The molecule has 5 heteroatoms. The highest BCUT2D eigenvalue weighted by molar-refractivity contribution is 6.09. The molecule has 19 heavy (non-hydrogen) atoms. The van der Waals surface area contributed by atoms with Crippen LogP contribution in [0.25, 0.3) is 0 Å². The Morgan fingerprint density at radius 1 is 0.842 bits per heavy atom. The number of benzene rings is 2. The summed E-state index contributed by atoms with van der Waals surface area (Å²) in [5, 5.41) is 0. The van der Waals surface area contributed by atoms with Gasteiger partial charge in [-0.05, 0) is 36.8 Å². The molecule has 0 amide bonds. The van der Waals surface area contributed by atoms with Crippen LogP contribution in [-0.4, -0.2) is 5.78 Å². The van der Waals surface area contributed by atoms with Gasteiger partial charge in [0.1, 0.15) is 23.3 Å². The van der Waals surface area contributed by atoms with Crippen LogP contribution in [-0.2, 0) is 0 Å². The van der Waals surface area contributed by atoms with Gasteiger partial charge in [0.2, 0.25) is 0 Å². The Labute approximate surface area is 106 Å². The van der Waals surface area contributed by atoms with Crippen LogP contribution in [0.2, 0.25) is 0 Å². The second-order valence-electron chi connectivity index (χ2n) is 4.03. The van der Waals surface area contributed by atoms with Gasteiger partial charge in [0.05, 0.1) is 11.1 Å². The second kappa shape index (κ2) is 4.84. The fraction of sp³-hybridized carbons (Fsp3) is 0.0714. The first kappa shape index (κ1) is 13.3. The summed E-state index contributed by atoms with van der Waals surface area (Å²) in [6.07, 6.45) is 0. The minimum Gasteiger partial charge on any atom is -0.288 e. The smallest absolute Gasteiger partial charge is 0.199 e. The van der Waals surface area contributed by atoms with Crippen molar-refractivity contribution in [1.29, 1.82) is 0 Å². The van der Waals surface area contributed by atoms with Crippen LogP contribution in [0.1, 0.15) is 21.5 Å². The van der Waals surface area contributed by atoms with Gasteiger partial charge in [0.25, 0.3) is 0 Å². The van der Waals surface area contributed by atoms with Crippen molar-refractivity contribution in [3.8, 4) is 0 Å². The van der Waals surface area contributed by atoms with E-state index in [4.69, 9.17) is 0 Å². The predicted octanol–water partition coefficient (Wildman–Crippen LogP) is 3.78. The minimum absolute atomic E-state index is 0.0431. The molecule has 0 aliphatic rings.